The Morgan fingerprint density at radius 1 is 1.67 bits per heavy atom. The predicted octanol–water partition coefficient (Wildman–Crippen LogP) is 0.367. The van der Waals surface area contributed by atoms with E-state index in [2.05, 4.69) is 5.32 Å². The molecule has 0 atom stereocenters. The van der Waals surface area contributed by atoms with Crippen LogP contribution in [0.5, 0.6) is 0 Å². The lowest BCUT2D eigenvalue weighted by Crippen LogP contribution is -2.44. The first kappa shape index (κ1) is 7.03. The molecule has 0 aromatic heterocycles. The van der Waals surface area contributed by atoms with Gasteiger partial charge in [-0.1, -0.05) is 0 Å². The summed E-state index contributed by atoms with van der Waals surface area (Å²) in [5.74, 6) is 0.713. The Morgan fingerprint density at radius 2 is 2.22 bits per heavy atom. The van der Waals surface area contributed by atoms with Crippen LogP contribution < -0.4 is 5.32 Å². The van der Waals surface area contributed by atoms with E-state index in [1.54, 1.807) is 0 Å². The van der Waals surface area contributed by atoms with Crippen molar-refractivity contribution in [1.29, 1.82) is 0 Å². The maximum absolute atomic E-state index is 9.28. The fourth-order valence-corrected chi connectivity index (χ4v) is 1.62. The molecule has 1 aliphatic rings. The Balaban J connectivity index is 2.12. The molecule has 0 amide bonds. The fourth-order valence-electron chi connectivity index (χ4n) is 1.62. The summed E-state index contributed by atoms with van der Waals surface area (Å²) in [4.78, 5) is 0. The first-order valence-corrected chi connectivity index (χ1v) is 3.51. The van der Waals surface area contributed by atoms with Crippen LogP contribution in [0.15, 0.2) is 0 Å². The second-order valence-electron chi connectivity index (χ2n) is 3.33. The molecule has 0 saturated heterocycles. The van der Waals surface area contributed by atoms with Crippen LogP contribution in [-0.2, 0) is 0 Å². The topological polar surface area (TPSA) is 32.3 Å². The Hall–Kier alpha value is -0.0800. The quantitative estimate of drug-likeness (QED) is 0.564. The van der Waals surface area contributed by atoms with E-state index >= 15 is 0 Å². The Labute approximate surface area is 56.3 Å². The van der Waals surface area contributed by atoms with Gasteiger partial charge in [0.15, 0.2) is 0 Å². The van der Waals surface area contributed by atoms with E-state index in [0.717, 1.165) is 19.4 Å². The van der Waals surface area contributed by atoms with Crippen molar-refractivity contribution in [2.45, 2.75) is 25.4 Å². The molecule has 9 heavy (non-hydrogen) atoms. The van der Waals surface area contributed by atoms with Crippen LogP contribution in [0.1, 0.15) is 19.8 Å². The fraction of sp³-hybridized carbons (Fsp3) is 1.00. The predicted molar refractivity (Wildman–Crippen MR) is 37.3 cm³/mol. The first-order chi connectivity index (χ1) is 4.14. The molecule has 0 aromatic carbocycles. The van der Waals surface area contributed by atoms with Crippen LogP contribution in [0, 0.1) is 5.92 Å². The molecule has 0 aliphatic heterocycles. The number of hydrogen-bond acceptors (Lipinski definition) is 2. The zero-order valence-electron chi connectivity index (χ0n) is 6.15. The van der Waals surface area contributed by atoms with Crippen LogP contribution in [0.3, 0.4) is 0 Å². The molecule has 2 nitrogen and oxygen atoms in total. The van der Waals surface area contributed by atoms with Crippen molar-refractivity contribution in [1.82, 2.24) is 5.32 Å². The normalized spacial score (nSPS) is 42.3. The van der Waals surface area contributed by atoms with Gasteiger partial charge in [0, 0.05) is 0 Å². The molecule has 0 radical (unpaired) electrons. The Bertz CT molecular complexity index is 93.1. The summed E-state index contributed by atoms with van der Waals surface area (Å²) < 4.78 is 0. The summed E-state index contributed by atoms with van der Waals surface area (Å²) in [6.45, 7) is 2.95. The third-order valence-corrected chi connectivity index (χ3v) is 1.95. The average molecular weight is 129 g/mol. The molecule has 1 aliphatic carbocycles. The van der Waals surface area contributed by atoms with Gasteiger partial charge in [-0.25, -0.2) is 0 Å². The van der Waals surface area contributed by atoms with Gasteiger partial charge in [-0.3, -0.25) is 0 Å². The van der Waals surface area contributed by atoms with Gasteiger partial charge in [0.1, 0.15) is 0 Å². The van der Waals surface area contributed by atoms with Crippen LogP contribution in [-0.4, -0.2) is 24.3 Å². The van der Waals surface area contributed by atoms with Gasteiger partial charge in [-0.15, -0.1) is 0 Å². The van der Waals surface area contributed by atoms with E-state index in [1.807, 2.05) is 14.0 Å². The van der Waals surface area contributed by atoms with Crippen molar-refractivity contribution < 1.29 is 5.11 Å². The molecule has 0 heterocycles. The average Bonchev–Trinajstić information content (AvgIpc) is 1.62. The SMILES string of the molecule is CNC[C@H]1C[C@@](C)(O)C1. The van der Waals surface area contributed by atoms with Gasteiger partial charge in [0.25, 0.3) is 0 Å². The highest BCUT2D eigenvalue weighted by Crippen LogP contribution is 2.36. The molecular formula is C7H15NO. The van der Waals surface area contributed by atoms with Crippen molar-refractivity contribution in [3.05, 3.63) is 0 Å². The lowest BCUT2D eigenvalue weighted by molar-refractivity contribution is -0.0555. The third-order valence-electron chi connectivity index (χ3n) is 1.95. The van der Waals surface area contributed by atoms with Crippen LogP contribution >= 0.6 is 0 Å². The second kappa shape index (κ2) is 2.27. The van der Waals surface area contributed by atoms with Crippen LogP contribution in [0.25, 0.3) is 0 Å². The molecule has 1 rings (SSSR count). The number of hydrogen-bond donors (Lipinski definition) is 2. The second-order valence-corrected chi connectivity index (χ2v) is 3.33. The smallest absolute Gasteiger partial charge is 0.0626 e. The lowest BCUT2D eigenvalue weighted by Gasteiger charge is -2.40. The van der Waals surface area contributed by atoms with E-state index < -0.39 is 0 Å². The van der Waals surface area contributed by atoms with Gasteiger partial charge >= 0.3 is 0 Å². The van der Waals surface area contributed by atoms with Gasteiger partial charge in [-0.2, -0.15) is 0 Å². The Kier molecular flexibility index (Phi) is 1.78. The van der Waals surface area contributed by atoms with E-state index in [4.69, 9.17) is 0 Å². The van der Waals surface area contributed by atoms with Gasteiger partial charge in [0.05, 0.1) is 5.60 Å². The van der Waals surface area contributed by atoms with Crippen LogP contribution in [0.2, 0.25) is 0 Å². The monoisotopic (exact) mass is 129 g/mol. The molecule has 0 spiro atoms. The molecule has 1 saturated carbocycles. The minimum Gasteiger partial charge on any atom is -0.390 e. The van der Waals surface area contributed by atoms with Crippen molar-refractivity contribution in [2.75, 3.05) is 13.6 Å². The number of aliphatic hydroxyl groups is 1. The summed E-state index contributed by atoms with van der Waals surface area (Å²) in [6, 6.07) is 0. The first-order valence-electron chi connectivity index (χ1n) is 3.51. The van der Waals surface area contributed by atoms with Crippen LogP contribution in [0.4, 0.5) is 0 Å². The summed E-state index contributed by atoms with van der Waals surface area (Å²) in [5.41, 5.74) is -0.346. The minimum atomic E-state index is -0.346. The zero-order chi connectivity index (χ0) is 6.91. The molecule has 0 bridgehead atoms. The minimum absolute atomic E-state index is 0.346. The molecular weight excluding hydrogens is 114 g/mol. The molecule has 1 fully saturated rings. The van der Waals surface area contributed by atoms with Crippen molar-refractivity contribution in [2.24, 2.45) is 5.92 Å². The third kappa shape index (κ3) is 1.66. The molecule has 0 unspecified atom stereocenters. The highest BCUT2D eigenvalue weighted by molar-refractivity contribution is 4.90. The molecule has 0 aromatic rings. The molecule has 2 heteroatoms. The summed E-state index contributed by atoms with van der Waals surface area (Å²) in [5, 5.41) is 12.4. The maximum Gasteiger partial charge on any atom is 0.0626 e. The molecule has 2 N–H and O–H groups in total. The standard InChI is InChI=1S/C7H15NO/c1-7(9)3-6(4-7)5-8-2/h6,8-9H,3-5H2,1-2H3/t6-,7+. The Morgan fingerprint density at radius 3 is 2.56 bits per heavy atom. The summed E-state index contributed by atoms with van der Waals surface area (Å²) in [7, 11) is 1.95. The highest BCUT2D eigenvalue weighted by Gasteiger charge is 2.37. The van der Waals surface area contributed by atoms with E-state index in [9.17, 15) is 5.11 Å². The van der Waals surface area contributed by atoms with Crippen molar-refractivity contribution in [3.63, 3.8) is 0 Å². The van der Waals surface area contributed by atoms with E-state index in [-0.39, 0.29) is 5.60 Å². The summed E-state index contributed by atoms with van der Waals surface area (Å²) >= 11 is 0. The van der Waals surface area contributed by atoms with E-state index in [1.165, 1.54) is 0 Å². The number of nitrogens with one attached hydrogen (secondary N) is 1. The summed E-state index contributed by atoms with van der Waals surface area (Å²) in [6.07, 6.45) is 1.93. The van der Waals surface area contributed by atoms with Gasteiger partial charge in [0.2, 0.25) is 0 Å². The van der Waals surface area contributed by atoms with E-state index in [0.29, 0.717) is 5.92 Å². The highest BCUT2D eigenvalue weighted by atomic mass is 16.3. The number of rotatable bonds is 2. The lowest BCUT2D eigenvalue weighted by atomic mass is 9.72. The van der Waals surface area contributed by atoms with Crippen molar-refractivity contribution >= 4 is 0 Å². The maximum atomic E-state index is 9.28. The van der Waals surface area contributed by atoms with Crippen molar-refractivity contribution in [3.8, 4) is 0 Å². The molecule has 54 valence electrons. The zero-order valence-corrected chi connectivity index (χ0v) is 6.15. The van der Waals surface area contributed by atoms with Gasteiger partial charge in [-0.05, 0) is 39.3 Å². The van der Waals surface area contributed by atoms with Gasteiger partial charge < -0.3 is 10.4 Å². The largest absolute Gasteiger partial charge is 0.390 e.